The lowest BCUT2D eigenvalue weighted by Crippen LogP contribution is -2.49. The summed E-state index contributed by atoms with van der Waals surface area (Å²) >= 11 is 0. The van der Waals surface area contributed by atoms with Gasteiger partial charge in [-0.3, -0.25) is 9.59 Å². The number of hydrogen-bond acceptors (Lipinski definition) is 4. The van der Waals surface area contributed by atoms with Gasteiger partial charge >= 0.3 is 0 Å². The number of nitrogens with zero attached hydrogens (tertiary/aromatic N) is 1. The molecule has 1 N–H and O–H groups in total. The second-order valence-electron chi connectivity index (χ2n) is 8.71. The molecule has 0 saturated heterocycles. The van der Waals surface area contributed by atoms with Crippen LogP contribution in [0.5, 0.6) is 11.5 Å². The third-order valence-electron chi connectivity index (χ3n) is 6.91. The summed E-state index contributed by atoms with van der Waals surface area (Å²) in [5.41, 5.74) is 5.24. The molecule has 174 valence electrons. The summed E-state index contributed by atoms with van der Waals surface area (Å²) in [6.45, 7) is 2.62. The second-order valence-corrected chi connectivity index (χ2v) is 8.71. The van der Waals surface area contributed by atoms with Crippen LogP contribution in [-0.4, -0.2) is 37.5 Å². The molecule has 34 heavy (non-hydrogen) atoms. The minimum absolute atomic E-state index is 0.0435. The van der Waals surface area contributed by atoms with Crippen molar-refractivity contribution in [2.75, 3.05) is 26.1 Å². The van der Waals surface area contributed by atoms with E-state index in [1.807, 2.05) is 65.6 Å². The highest BCUT2D eigenvalue weighted by Crippen LogP contribution is 2.48. The van der Waals surface area contributed by atoms with Gasteiger partial charge in [0, 0.05) is 17.8 Å². The van der Waals surface area contributed by atoms with E-state index in [-0.39, 0.29) is 11.8 Å². The highest BCUT2D eigenvalue weighted by Gasteiger charge is 2.46. The minimum atomic E-state index is -0.559. The van der Waals surface area contributed by atoms with Gasteiger partial charge in [-0.15, -0.1) is 0 Å². The van der Waals surface area contributed by atoms with Crippen molar-refractivity contribution in [3.63, 3.8) is 0 Å². The number of carbonyl (C=O) groups excluding carboxylic acids is 2. The van der Waals surface area contributed by atoms with Crippen molar-refractivity contribution in [2.24, 2.45) is 0 Å². The molecule has 6 heteroatoms. The molecule has 3 aromatic rings. The zero-order valence-corrected chi connectivity index (χ0v) is 19.6. The molecule has 0 saturated carbocycles. The molecular weight excluding hydrogens is 428 g/mol. The quantitative estimate of drug-likeness (QED) is 0.602. The summed E-state index contributed by atoms with van der Waals surface area (Å²) in [5.74, 6) is 0.499. The number of aryl methyl sites for hydroxylation is 1. The average molecular weight is 457 g/mol. The van der Waals surface area contributed by atoms with Gasteiger partial charge < -0.3 is 19.7 Å². The molecule has 0 aliphatic carbocycles. The van der Waals surface area contributed by atoms with Crippen molar-refractivity contribution in [3.8, 4) is 11.5 Å². The molecule has 0 fully saturated rings. The summed E-state index contributed by atoms with van der Waals surface area (Å²) in [7, 11) is 3.21. The molecule has 0 radical (unpaired) electrons. The summed E-state index contributed by atoms with van der Waals surface area (Å²) < 4.78 is 11.1. The Morgan fingerprint density at radius 1 is 1.00 bits per heavy atom. The molecule has 6 nitrogen and oxygen atoms in total. The molecule has 0 unspecified atom stereocenters. The smallest absolute Gasteiger partial charge is 0.254 e. The first-order valence-corrected chi connectivity index (χ1v) is 11.6. The van der Waals surface area contributed by atoms with Crippen LogP contribution in [-0.2, 0) is 17.6 Å². The van der Waals surface area contributed by atoms with Gasteiger partial charge in [0.05, 0.1) is 26.2 Å². The number of ether oxygens (including phenoxy) is 2. The SMILES string of the molecule is CCc1cccc(NC(=O)[C@@H]2c3ccccc3C(=O)N3CCc4cc(OC)c(OC)cc4[C@H]23)c1. The van der Waals surface area contributed by atoms with Crippen LogP contribution in [0.4, 0.5) is 5.69 Å². The van der Waals surface area contributed by atoms with E-state index in [2.05, 4.69) is 12.2 Å². The monoisotopic (exact) mass is 456 g/mol. The highest BCUT2D eigenvalue weighted by molar-refractivity contribution is 6.04. The van der Waals surface area contributed by atoms with Crippen LogP contribution in [0.15, 0.2) is 60.7 Å². The molecule has 0 bridgehead atoms. The van der Waals surface area contributed by atoms with E-state index in [1.165, 1.54) is 0 Å². The lowest BCUT2D eigenvalue weighted by atomic mass is 9.75. The van der Waals surface area contributed by atoms with Crippen LogP contribution in [0.25, 0.3) is 0 Å². The summed E-state index contributed by atoms with van der Waals surface area (Å²) in [5, 5.41) is 3.12. The fraction of sp³-hybridized carbons (Fsp3) is 0.286. The van der Waals surface area contributed by atoms with Crippen LogP contribution in [0.2, 0.25) is 0 Å². The number of nitrogens with one attached hydrogen (secondary N) is 1. The van der Waals surface area contributed by atoms with Crippen LogP contribution in [0, 0.1) is 0 Å². The molecular formula is C28H28N2O4. The Balaban J connectivity index is 1.64. The topological polar surface area (TPSA) is 67.9 Å². The summed E-state index contributed by atoms with van der Waals surface area (Å²) in [4.78, 5) is 29.2. The molecule has 3 aromatic carbocycles. The Kier molecular flexibility index (Phi) is 5.74. The average Bonchev–Trinajstić information content (AvgIpc) is 2.88. The van der Waals surface area contributed by atoms with Crippen LogP contribution in [0.3, 0.4) is 0 Å². The van der Waals surface area contributed by atoms with Crippen LogP contribution >= 0.6 is 0 Å². The van der Waals surface area contributed by atoms with Gasteiger partial charge in [-0.05, 0) is 65.4 Å². The van der Waals surface area contributed by atoms with E-state index in [0.29, 0.717) is 30.0 Å². The number of rotatable bonds is 5. The zero-order valence-electron chi connectivity index (χ0n) is 19.6. The number of carbonyl (C=O) groups is 2. The first kappa shape index (κ1) is 22.0. The van der Waals surface area contributed by atoms with Gasteiger partial charge in [-0.25, -0.2) is 0 Å². The fourth-order valence-corrected chi connectivity index (χ4v) is 5.23. The maximum Gasteiger partial charge on any atom is 0.254 e. The van der Waals surface area contributed by atoms with E-state index in [9.17, 15) is 9.59 Å². The predicted molar refractivity (Wildman–Crippen MR) is 131 cm³/mol. The number of methoxy groups -OCH3 is 2. The maximum absolute atomic E-state index is 13.9. The van der Waals surface area contributed by atoms with Gasteiger partial charge in [-0.2, -0.15) is 0 Å². The third kappa shape index (κ3) is 3.59. The molecule has 2 atom stereocenters. The van der Waals surface area contributed by atoms with E-state index >= 15 is 0 Å². The number of fused-ring (bicyclic) bond motifs is 4. The van der Waals surface area contributed by atoms with Crippen molar-refractivity contribution < 1.29 is 19.1 Å². The Morgan fingerprint density at radius 2 is 1.76 bits per heavy atom. The Bertz CT molecular complexity index is 1270. The van der Waals surface area contributed by atoms with Crippen LogP contribution < -0.4 is 14.8 Å². The predicted octanol–water partition coefficient (Wildman–Crippen LogP) is 4.74. The molecule has 2 heterocycles. The van der Waals surface area contributed by atoms with E-state index in [1.54, 1.807) is 14.2 Å². The first-order valence-electron chi connectivity index (χ1n) is 11.6. The van der Waals surface area contributed by atoms with Crippen molar-refractivity contribution in [1.29, 1.82) is 0 Å². The van der Waals surface area contributed by atoms with Crippen molar-refractivity contribution in [1.82, 2.24) is 4.90 Å². The molecule has 2 amide bonds. The van der Waals surface area contributed by atoms with Crippen molar-refractivity contribution >= 4 is 17.5 Å². The van der Waals surface area contributed by atoms with Gasteiger partial charge in [0.25, 0.3) is 5.91 Å². The van der Waals surface area contributed by atoms with Crippen molar-refractivity contribution in [2.45, 2.75) is 31.7 Å². The molecule has 2 aliphatic heterocycles. The Morgan fingerprint density at radius 3 is 2.53 bits per heavy atom. The fourth-order valence-electron chi connectivity index (χ4n) is 5.23. The van der Waals surface area contributed by atoms with Crippen molar-refractivity contribution in [3.05, 3.63) is 88.5 Å². The molecule has 0 aromatic heterocycles. The van der Waals surface area contributed by atoms with Gasteiger partial charge in [0.1, 0.15) is 0 Å². The van der Waals surface area contributed by atoms with Gasteiger partial charge in [0.2, 0.25) is 5.91 Å². The maximum atomic E-state index is 13.9. The second kappa shape index (κ2) is 8.86. The molecule has 5 rings (SSSR count). The zero-order chi connectivity index (χ0) is 23.8. The van der Waals surface area contributed by atoms with E-state index in [0.717, 1.165) is 34.4 Å². The Labute approximate surface area is 199 Å². The van der Waals surface area contributed by atoms with Crippen LogP contribution in [0.1, 0.15) is 51.5 Å². The number of benzene rings is 3. The van der Waals surface area contributed by atoms with Gasteiger partial charge in [-0.1, -0.05) is 37.3 Å². The largest absolute Gasteiger partial charge is 0.493 e. The molecule has 0 spiro atoms. The standard InChI is InChI=1S/C28H28N2O4/c1-4-17-8-7-9-19(14-17)29-27(31)25-20-10-5-6-11-21(20)28(32)30-13-12-18-15-23(33-2)24(34-3)16-22(18)26(25)30/h5-11,14-16,25-26H,4,12-13H2,1-3H3,(H,29,31)/t25-,26-/m1/s1. The number of hydrogen-bond donors (Lipinski definition) is 1. The first-order chi connectivity index (χ1) is 16.5. The third-order valence-corrected chi connectivity index (χ3v) is 6.91. The van der Waals surface area contributed by atoms with E-state index < -0.39 is 12.0 Å². The number of anilines is 1. The Hall–Kier alpha value is -3.80. The normalized spacial score (nSPS) is 18.4. The molecule has 2 aliphatic rings. The van der Waals surface area contributed by atoms with Gasteiger partial charge in [0.15, 0.2) is 11.5 Å². The lowest BCUT2D eigenvalue weighted by molar-refractivity contribution is -0.119. The highest BCUT2D eigenvalue weighted by atomic mass is 16.5. The lowest BCUT2D eigenvalue weighted by Gasteiger charge is -2.45. The number of amides is 2. The van der Waals surface area contributed by atoms with E-state index in [4.69, 9.17) is 9.47 Å². The summed E-state index contributed by atoms with van der Waals surface area (Å²) in [6.07, 6.45) is 1.57. The summed E-state index contributed by atoms with van der Waals surface area (Å²) in [6, 6.07) is 18.8. The minimum Gasteiger partial charge on any atom is -0.493 e.